The molecule has 1 saturated heterocycles. The van der Waals surface area contributed by atoms with E-state index < -0.39 is 0 Å². The van der Waals surface area contributed by atoms with E-state index in [0.29, 0.717) is 13.3 Å². The van der Waals surface area contributed by atoms with Gasteiger partial charge in [-0.25, -0.2) is 4.98 Å². The molecule has 22 heavy (non-hydrogen) atoms. The highest BCUT2D eigenvalue weighted by Gasteiger charge is 2.15. The number of hydrogen-bond donors (Lipinski definition) is 1. The maximum Gasteiger partial charge on any atom is 0.231 e. The van der Waals surface area contributed by atoms with Crippen LogP contribution >= 0.6 is 0 Å². The van der Waals surface area contributed by atoms with E-state index in [-0.39, 0.29) is 0 Å². The van der Waals surface area contributed by atoms with E-state index in [1.165, 1.54) is 12.8 Å². The highest BCUT2D eigenvalue weighted by Crippen LogP contribution is 2.32. The quantitative estimate of drug-likeness (QED) is 0.935. The first-order valence-corrected chi connectivity index (χ1v) is 7.59. The van der Waals surface area contributed by atoms with Gasteiger partial charge in [0.1, 0.15) is 5.82 Å². The Morgan fingerprint density at radius 2 is 1.95 bits per heavy atom. The van der Waals surface area contributed by atoms with Crippen LogP contribution in [0.1, 0.15) is 18.4 Å². The van der Waals surface area contributed by atoms with Crippen molar-refractivity contribution in [2.45, 2.75) is 19.4 Å². The maximum atomic E-state index is 5.40. The summed E-state index contributed by atoms with van der Waals surface area (Å²) in [4.78, 5) is 11.2. The number of ether oxygens (including phenoxy) is 2. The fraction of sp³-hybridized carbons (Fsp3) is 0.375. The van der Waals surface area contributed by atoms with Crippen molar-refractivity contribution in [1.82, 2.24) is 9.97 Å². The van der Waals surface area contributed by atoms with Crippen molar-refractivity contribution >= 4 is 11.8 Å². The topological polar surface area (TPSA) is 59.5 Å². The summed E-state index contributed by atoms with van der Waals surface area (Å²) in [6.07, 6.45) is 4.25. The monoisotopic (exact) mass is 298 g/mol. The molecular formula is C16H18N4O2. The molecule has 1 aromatic heterocycles. The summed E-state index contributed by atoms with van der Waals surface area (Å²) in [7, 11) is 0. The van der Waals surface area contributed by atoms with E-state index in [1.54, 1.807) is 0 Å². The molecular weight excluding hydrogens is 280 g/mol. The lowest BCUT2D eigenvalue weighted by Gasteiger charge is -2.15. The highest BCUT2D eigenvalue weighted by atomic mass is 16.7. The van der Waals surface area contributed by atoms with Crippen LogP contribution in [0.2, 0.25) is 0 Å². The third-order valence-electron chi connectivity index (χ3n) is 3.94. The molecule has 3 heterocycles. The highest BCUT2D eigenvalue weighted by molar-refractivity contribution is 5.46. The second kappa shape index (κ2) is 5.71. The smallest absolute Gasteiger partial charge is 0.231 e. The molecule has 114 valence electrons. The lowest BCUT2D eigenvalue weighted by molar-refractivity contribution is 0.174. The first kappa shape index (κ1) is 13.2. The number of nitrogens with zero attached hydrogens (tertiary/aromatic N) is 3. The van der Waals surface area contributed by atoms with Gasteiger partial charge in [-0.1, -0.05) is 6.07 Å². The third-order valence-corrected chi connectivity index (χ3v) is 3.94. The molecule has 2 aliphatic heterocycles. The Labute approximate surface area is 129 Å². The number of anilines is 2. The first-order chi connectivity index (χ1) is 10.9. The van der Waals surface area contributed by atoms with Crippen LogP contribution in [0.3, 0.4) is 0 Å². The van der Waals surface area contributed by atoms with Crippen LogP contribution < -0.4 is 19.7 Å². The molecule has 0 saturated carbocycles. The molecule has 0 radical (unpaired) electrons. The van der Waals surface area contributed by atoms with Crippen LogP contribution in [0.25, 0.3) is 0 Å². The maximum absolute atomic E-state index is 5.40. The van der Waals surface area contributed by atoms with Gasteiger partial charge in [0.05, 0.1) is 0 Å². The normalized spacial score (nSPS) is 16.1. The van der Waals surface area contributed by atoms with Crippen molar-refractivity contribution < 1.29 is 9.47 Å². The van der Waals surface area contributed by atoms with Gasteiger partial charge >= 0.3 is 0 Å². The van der Waals surface area contributed by atoms with Gasteiger partial charge in [0.2, 0.25) is 12.7 Å². The van der Waals surface area contributed by atoms with E-state index in [0.717, 1.165) is 41.9 Å². The molecule has 4 rings (SSSR count). The zero-order valence-electron chi connectivity index (χ0n) is 12.3. The molecule has 0 amide bonds. The standard InChI is InChI=1S/C16H18N4O2/c1-2-8-20(7-1)16-17-6-5-15(19-16)18-10-12-3-4-13-14(9-12)22-11-21-13/h3-6,9H,1-2,7-8,10-11H2,(H,17,18,19). The average Bonchev–Trinajstić information content (AvgIpc) is 3.24. The van der Waals surface area contributed by atoms with Gasteiger partial charge in [-0.3, -0.25) is 0 Å². The Morgan fingerprint density at radius 3 is 2.86 bits per heavy atom. The molecule has 1 N–H and O–H groups in total. The number of rotatable bonds is 4. The molecule has 0 bridgehead atoms. The van der Waals surface area contributed by atoms with E-state index in [9.17, 15) is 0 Å². The summed E-state index contributed by atoms with van der Waals surface area (Å²) in [5, 5.41) is 3.34. The largest absolute Gasteiger partial charge is 0.454 e. The fourth-order valence-electron chi connectivity index (χ4n) is 2.76. The van der Waals surface area contributed by atoms with Crippen molar-refractivity contribution in [2.24, 2.45) is 0 Å². The van der Waals surface area contributed by atoms with Gasteiger partial charge < -0.3 is 19.7 Å². The molecule has 0 atom stereocenters. The lowest BCUT2D eigenvalue weighted by atomic mass is 10.2. The van der Waals surface area contributed by atoms with Gasteiger partial charge in [-0.05, 0) is 36.6 Å². The minimum Gasteiger partial charge on any atom is -0.454 e. The minimum absolute atomic E-state index is 0.303. The molecule has 1 fully saturated rings. The Morgan fingerprint density at radius 1 is 1.09 bits per heavy atom. The molecule has 6 nitrogen and oxygen atoms in total. The summed E-state index contributed by atoms with van der Waals surface area (Å²) < 4.78 is 10.7. The van der Waals surface area contributed by atoms with Gasteiger partial charge in [0.25, 0.3) is 0 Å². The summed E-state index contributed by atoms with van der Waals surface area (Å²) in [5.41, 5.74) is 1.13. The molecule has 0 aliphatic carbocycles. The predicted molar refractivity (Wildman–Crippen MR) is 83.4 cm³/mol. The van der Waals surface area contributed by atoms with Crippen molar-refractivity contribution in [1.29, 1.82) is 0 Å². The molecule has 6 heteroatoms. The third kappa shape index (κ3) is 2.64. The molecule has 2 aromatic rings. The lowest BCUT2D eigenvalue weighted by Crippen LogP contribution is -2.20. The fourth-order valence-corrected chi connectivity index (χ4v) is 2.76. The van der Waals surface area contributed by atoms with Crippen molar-refractivity contribution in [3.8, 4) is 11.5 Å². The first-order valence-electron chi connectivity index (χ1n) is 7.59. The predicted octanol–water partition coefficient (Wildman–Crippen LogP) is 2.42. The van der Waals surface area contributed by atoms with Crippen LogP contribution in [0.15, 0.2) is 30.5 Å². The van der Waals surface area contributed by atoms with E-state index >= 15 is 0 Å². The van der Waals surface area contributed by atoms with Gasteiger partial charge in [-0.15, -0.1) is 0 Å². The molecule has 1 aromatic carbocycles. The molecule has 0 spiro atoms. The van der Waals surface area contributed by atoms with Crippen LogP contribution in [0.5, 0.6) is 11.5 Å². The summed E-state index contributed by atoms with van der Waals surface area (Å²) in [5.74, 6) is 3.27. The SMILES string of the molecule is c1cc(NCc2ccc3c(c2)OCO3)nc(N2CCCC2)n1. The van der Waals surface area contributed by atoms with Crippen LogP contribution in [-0.2, 0) is 6.54 Å². The zero-order valence-corrected chi connectivity index (χ0v) is 12.3. The Kier molecular flexibility index (Phi) is 3.42. The van der Waals surface area contributed by atoms with Gasteiger partial charge in [-0.2, -0.15) is 4.98 Å². The van der Waals surface area contributed by atoms with Crippen molar-refractivity contribution in [3.05, 3.63) is 36.0 Å². The Bertz CT molecular complexity index is 671. The van der Waals surface area contributed by atoms with Crippen LogP contribution in [0, 0.1) is 0 Å². The second-order valence-corrected chi connectivity index (χ2v) is 5.48. The number of fused-ring (bicyclic) bond motifs is 1. The minimum atomic E-state index is 0.303. The van der Waals surface area contributed by atoms with E-state index in [1.807, 2.05) is 30.5 Å². The Balaban J connectivity index is 1.44. The number of benzene rings is 1. The molecule has 0 unspecified atom stereocenters. The number of aromatic nitrogens is 2. The summed E-state index contributed by atoms with van der Waals surface area (Å²) in [6, 6.07) is 7.86. The van der Waals surface area contributed by atoms with Crippen molar-refractivity contribution in [3.63, 3.8) is 0 Å². The number of hydrogen-bond acceptors (Lipinski definition) is 6. The van der Waals surface area contributed by atoms with E-state index in [4.69, 9.17) is 9.47 Å². The van der Waals surface area contributed by atoms with Gasteiger partial charge in [0.15, 0.2) is 11.5 Å². The van der Waals surface area contributed by atoms with Crippen LogP contribution in [-0.4, -0.2) is 29.9 Å². The Hall–Kier alpha value is -2.50. The zero-order chi connectivity index (χ0) is 14.8. The van der Waals surface area contributed by atoms with Crippen molar-refractivity contribution in [2.75, 3.05) is 30.1 Å². The number of nitrogens with one attached hydrogen (secondary N) is 1. The summed E-state index contributed by atoms with van der Waals surface area (Å²) >= 11 is 0. The summed E-state index contributed by atoms with van der Waals surface area (Å²) in [6.45, 7) is 3.08. The second-order valence-electron chi connectivity index (χ2n) is 5.48. The molecule has 2 aliphatic rings. The van der Waals surface area contributed by atoms with Crippen LogP contribution in [0.4, 0.5) is 11.8 Å². The van der Waals surface area contributed by atoms with Gasteiger partial charge in [0, 0.05) is 25.8 Å². The average molecular weight is 298 g/mol. The van der Waals surface area contributed by atoms with E-state index in [2.05, 4.69) is 20.2 Å².